The van der Waals surface area contributed by atoms with E-state index in [-0.39, 0.29) is 25.4 Å². The molecule has 1 unspecified atom stereocenters. The van der Waals surface area contributed by atoms with E-state index in [2.05, 4.69) is 0 Å². The summed E-state index contributed by atoms with van der Waals surface area (Å²) in [5, 5.41) is 3.88. The molecule has 1 aliphatic rings. The van der Waals surface area contributed by atoms with Gasteiger partial charge in [0.1, 0.15) is 0 Å². The molecule has 1 atom stereocenters. The molecule has 0 aliphatic carbocycles. The molecule has 2 rings (SSSR count). The average molecular weight is 268 g/mol. The van der Waals surface area contributed by atoms with Crippen LogP contribution in [0.4, 0.5) is 0 Å². The van der Waals surface area contributed by atoms with Crippen molar-refractivity contribution in [2.75, 3.05) is 19.8 Å². The quantitative estimate of drug-likeness (QED) is 0.617. The summed E-state index contributed by atoms with van der Waals surface area (Å²) < 4.78 is 10.4. The minimum absolute atomic E-state index is 0.0709. The number of ether oxygens (including phenoxy) is 2. The molecular weight excluding hydrogens is 252 g/mol. The molecular formula is C13H16O4S. The highest BCUT2D eigenvalue weighted by molar-refractivity contribution is 7.07. The van der Waals surface area contributed by atoms with Crippen LogP contribution >= 0.6 is 11.3 Å². The molecule has 4 nitrogen and oxygen atoms in total. The SMILES string of the molecule is CCOC(=O)C1(Cc2ccsc2)COCCC1=O. The predicted octanol–water partition coefficient (Wildman–Crippen LogP) is 1.83. The van der Waals surface area contributed by atoms with Gasteiger partial charge in [-0.3, -0.25) is 9.59 Å². The first-order chi connectivity index (χ1) is 8.69. The number of carbonyl (C=O) groups excluding carboxylic acids is 2. The first-order valence-corrected chi connectivity index (χ1v) is 6.92. The number of carbonyl (C=O) groups is 2. The van der Waals surface area contributed by atoms with Crippen molar-refractivity contribution < 1.29 is 19.1 Å². The first kappa shape index (κ1) is 13.2. The summed E-state index contributed by atoms with van der Waals surface area (Å²) in [5.74, 6) is -0.528. The molecule has 1 aromatic rings. The summed E-state index contributed by atoms with van der Waals surface area (Å²) in [6.45, 7) is 2.53. The number of rotatable bonds is 4. The Morgan fingerprint density at radius 1 is 1.61 bits per heavy atom. The molecule has 1 aliphatic heterocycles. The maximum absolute atomic E-state index is 12.2. The van der Waals surface area contributed by atoms with E-state index in [0.717, 1.165) is 5.56 Å². The van der Waals surface area contributed by atoms with Crippen LogP contribution in [0.1, 0.15) is 18.9 Å². The van der Waals surface area contributed by atoms with Gasteiger partial charge in [0.05, 0.1) is 19.8 Å². The summed E-state index contributed by atoms with van der Waals surface area (Å²) in [4.78, 5) is 24.3. The highest BCUT2D eigenvalue weighted by atomic mass is 32.1. The summed E-state index contributed by atoms with van der Waals surface area (Å²) >= 11 is 1.55. The number of esters is 1. The van der Waals surface area contributed by atoms with Crippen LogP contribution in [0.15, 0.2) is 16.8 Å². The third-order valence-electron chi connectivity index (χ3n) is 3.11. The molecule has 0 saturated carbocycles. The lowest BCUT2D eigenvalue weighted by atomic mass is 9.76. The molecule has 0 aromatic carbocycles. The lowest BCUT2D eigenvalue weighted by Gasteiger charge is -2.32. The molecule has 2 heterocycles. The van der Waals surface area contributed by atoms with Crippen LogP contribution in [0.2, 0.25) is 0 Å². The van der Waals surface area contributed by atoms with Gasteiger partial charge in [0, 0.05) is 6.42 Å². The van der Waals surface area contributed by atoms with E-state index in [1.165, 1.54) is 0 Å². The van der Waals surface area contributed by atoms with E-state index < -0.39 is 11.4 Å². The van der Waals surface area contributed by atoms with E-state index >= 15 is 0 Å². The van der Waals surface area contributed by atoms with Crippen LogP contribution < -0.4 is 0 Å². The highest BCUT2D eigenvalue weighted by Crippen LogP contribution is 2.32. The number of hydrogen-bond donors (Lipinski definition) is 0. The zero-order chi connectivity index (χ0) is 13.0. The fourth-order valence-electron chi connectivity index (χ4n) is 2.14. The van der Waals surface area contributed by atoms with Crippen molar-refractivity contribution in [2.24, 2.45) is 5.41 Å². The Morgan fingerprint density at radius 3 is 3.06 bits per heavy atom. The zero-order valence-electron chi connectivity index (χ0n) is 10.3. The second-order valence-electron chi connectivity index (χ2n) is 4.34. The standard InChI is InChI=1S/C13H16O4S/c1-2-17-12(15)13(7-10-4-6-18-8-10)9-16-5-3-11(13)14/h4,6,8H,2-3,5,7,9H2,1H3. The summed E-state index contributed by atoms with van der Waals surface area (Å²) in [5.41, 5.74) is -0.165. The lowest BCUT2D eigenvalue weighted by molar-refractivity contribution is -0.169. The second kappa shape index (κ2) is 5.63. The second-order valence-corrected chi connectivity index (χ2v) is 5.12. The van der Waals surface area contributed by atoms with E-state index in [1.807, 2.05) is 16.8 Å². The summed E-state index contributed by atoms with van der Waals surface area (Å²) in [6, 6.07) is 1.92. The van der Waals surface area contributed by atoms with Gasteiger partial charge in [-0.05, 0) is 35.7 Å². The minimum atomic E-state index is -1.14. The summed E-state index contributed by atoms with van der Waals surface area (Å²) in [7, 11) is 0. The fraction of sp³-hybridized carbons (Fsp3) is 0.538. The maximum atomic E-state index is 12.2. The molecule has 18 heavy (non-hydrogen) atoms. The van der Waals surface area contributed by atoms with Crippen molar-refractivity contribution in [3.63, 3.8) is 0 Å². The molecule has 0 N–H and O–H groups in total. The first-order valence-electron chi connectivity index (χ1n) is 5.98. The molecule has 1 saturated heterocycles. The van der Waals surface area contributed by atoms with Gasteiger partial charge in [-0.25, -0.2) is 0 Å². The maximum Gasteiger partial charge on any atom is 0.322 e. The number of ketones is 1. The predicted molar refractivity (Wildman–Crippen MR) is 67.5 cm³/mol. The van der Waals surface area contributed by atoms with E-state index in [9.17, 15) is 9.59 Å². The topological polar surface area (TPSA) is 52.6 Å². The van der Waals surface area contributed by atoms with Crippen LogP contribution in [0.25, 0.3) is 0 Å². The van der Waals surface area contributed by atoms with Gasteiger partial charge in [-0.15, -0.1) is 0 Å². The van der Waals surface area contributed by atoms with Crippen LogP contribution in [0.5, 0.6) is 0 Å². The third-order valence-corrected chi connectivity index (χ3v) is 3.84. The van der Waals surface area contributed by atoms with E-state index in [0.29, 0.717) is 13.0 Å². The van der Waals surface area contributed by atoms with Gasteiger partial charge < -0.3 is 9.47 Å². The van der Waals surface area contributed by atoms with Crippen molar-refractivity contribution in [1.29, 1.82) is 0 Å². The van der Waals surface area contributed by atoms with Crippen molar-refractivity contribution in [1.82, 2.24) is 0 Å². The Bertz CT molecular complexity index is 426. The monoisotopic (exact) mass is 268 g/mol. The Hall–Kier alpha value is -1.20. The molecule has 0 amide bonds. The Kier molecular flexibility index (Phi) is 4.14. The molecule has 98 valence electrons. The number of thiophene rings is 1. The summed E-state index contributed by atoms with van der Waals surface area (Å²) in [6.07, 6.45) is 0.650. The normalized spacial score (nSPS) is 23.9. The van der Waals surface area contributed by atoms with Crippen LogP contribution in [0.3, 0.4) is 0 Å². The minimum Gasteiger partial charge on any atom is -0.465 e. The van der Waals surface area contributed by atoms with Gasteiger partial charge in [-0.1, -0.05) is 0 Å². The van der Waals surface area contributed by atoms with Crippen LogP contribution in [0, 0.1) is 5.41 Å². The zero-order valence-corrected chi connectivity index (χ0v) is 11.1. The molecule has 1 aromatic heterocycles. The smallest absolute Gasteiger partial charge is 0.322 e. The van der Waals surface area contributed by atoms with Gasteiger partial charge in [0.2, 0.25) is 0 Å². The Morgan fingerprint density at radius 2 is 2.44 bits per heavy atom. The highest BCUT2D eigenvalue weighted by Gasteiger charge is 2.49. The van der Waals surface area contributed by atoms with E-state index in [4.69, 9.17) is 9.47 Å². The fourth-order valence-corrected chi connectivity index (χ4v) is 2.81. The van der Waals surface area contributed by atoms with Crippen molar-refractivity contribution >= 4 is 23.1 Å². The lowest BCUT2D eigenvalue weighted by Crippen LogP contribution is -2.49. The van der Waals surface area contributed by atoms with Gasteiger partial charge >= 0.3 is 5.97 Å². The van der Waals surface area contributed by atoms with Gasteiger partial charge in [0.25, 0.3) is 0 Å². The molecule has 5 heteroatoms. The van der Waals surface area contributed by atoms with Crippen molar-refractivity contribution in [3.05, 3.63) is 22.4 Å². The Balaban J connectivity index is 2.26. The molecule has 1 fully saturated rings. The van der Waals surface area contributed by atoms with E-state index in [1.54, 1.807) is 18.3 Å². The average Bonchev–Trinajstić information content (AvgIpc) is 2.85. The van der Waals surface area contributed by atoms with Crippen molar-refractivity contribution in [3.8, 4) is 0 Å². The van der Waals surface area contributed by atoms with Gasteiger partial charge in [-0.2, -0.15) is 11.3 Å². The largest absolute Gasteiger partial charge is 0.465 e. The van der Waals surface area contributed by atoms with Crippen LogP contribution in [-0.4, -0.2) is 31.6 Å². The molecule has 0 bridgehead atoms. The van der Waals surface area contributed by atoms with Crippen LogP contribution in [-0.2, 0) is 25.5 Å². The van der Waals surface area contributed by atoms with Gasteiger partial charge in [0.15, 0.2) is 11.2 Å². The number of hydrogen-bond acceptors (Lipinski definition) is 5. The Labute approximate surface area is 110 Å². The van der Waals surface area contributed by atoms with Crippen molar-refractivity contribution in [2.45, 2.75) is 19.8 Å². The molecule has 0 radical (unpaired) electrons. The number of Topliss-reactive ketones (excluding diaryl/α,β-unsaturated/α-hetero) is 1. The third kappa shape index (κ3) is 2.47. The molecule has 0 spiro atoms.